The molecule has 114 valence electrons. The summed E-state index contributed by atoms with van der Waals surface area (Å²) in [6.07, 6.45) is 3.46. The topological polar surface area (TPSA) is 47.6 Å². The van der Waals surface area contributed by atoms with Gasteiger partial charge in [-0.15, -0.1) is 0 Å². The van der Waals surface area contributed by atoms with Gasteiger partial charge >= 0.3 is 6.09 Å². The second kappa shape index (κ2) is 6.48. The van der Waals surface area contributed by atoms with Crippen molar-refractivity contribution in [3.63, 3.8) is 0 Å². The van der Waals surface area contributed by atoms with E-state index in [1.54, 1.807) is 0 Å². The van der Waals surface area contributed by atoms with Gasteiger partial charge in [0.15, 0.2) is 0 Å². The zero-order valence-corrected chi connectivity index (χ0v) is 12.5. The van der Waals surface area contributed by atoms with E-state index in [0.29, 0.717) is 18.6 Å². The van der Waals surface area contributed by atoms with Crippen molar-refractivity contribution in [1.82, 2.24) is 5.32 Å². The molecule has 0 saturated heterocycles. The summed E-state index contributed by atoms with van der Waals surface area (Å²) in [4.78, 5) is 11.7. The van der Waals surface area contributed by atoms with E-state index in [-0.39, 0.29) is 12.1 Å². The molecule has 1 N–H and O–H groups in total. The van der Waals surface area contributed by atoms with Crippen LogP contribution in [0.5, 0.6) is 0 Å². The average Bonchev–Trinajstić information content (AvgIpc) is 3.39. The fraction of sp³-hybridized carbons (Fsp3) is 0.588. The number of carbonyl (C=O) groups is 1. The first kappa shape index (κ1) is 14.4. The van der Waals surface area contributed by atoms with Gasteiger partial charge in [0.1, 0.15) is 6.61 Å². The minimum Gasteiger partial charge on any atom is -0.445 e. The fourth-order valence-electron chi connectivity index (χ4n) is 2.55. The normalized spacial score (nSPS) is 29.8. The van der Waals surface area contributed by atoms with E-state index in [1.165, 1.54) is 6.42 Å². The number of alkyl carbamates (subject to hydrolysis) is 1. The number of benzene rings is 1. The molecule has 0 aliphatic heterocycles. The van der Waals surface area contributed by atoms with Gasteiger partial charge < -0.3 is 14.8 Å². The first-order valence-corrected chi connectivity index (χ1v) is 7.81. The molecule has 2 unspecified atom stereocenters. The Morgan fingerprint density at radius 2 is 2.05 bits per heavy atom. The summed E-state index contributed by atoms with van der Waals surface area (Å²) in [6, 6.07) is 9.99. The molecule has 1 amide bonds. The van der Waals surface area contributed by atoms with Crippen LogP contribution in [0.2, 0.25) is 0 Å². The average molecular weight is 289 g/mol. The molecule has 0 radical (unpaired) electrons. The van der Waals surface area contributed by atoms with Crippen molar-refractivity contribution in [3.05, 3.63) is 35.9 Å². The van der Waals surface area contributed by atoms with Gasteiger partial charge in [-0.1, -0.05) is 37.3 Å². The lowest BCUT2D eigenvalue weighted by Gasteiger charge is -2.07. The van der Waals surface area contributed by atoms with E-state index >= 15 is 0 Å². The van der Waals surface area contributed by atoms with Crippen molar-refractivity contribution in [2.24, 2.45) is 11.8 Å². The largest absolute Gasteiger partial charge is 0.445 e. The van der Waals surface area contributed by atoms with Crippen molar-refractivity contribution in [2.45, 2.75) is 44.9 Å². The molecule has 1 aromatic carbocycles. The number of carbonyl (C=O) groups excluding carboxylic acids is 1. The van der Waals surface area contributed by atoms with E-state index in [0.717, 1.165) is 30.9 Å². The SMILES string of the molecule is CC1CC1OCC[C@H]1C[C@@H]1NC(=O)OCc1ccccc1. The number of hydrogen-bond acceptors (Lipinski definition) is 3. The molecule has 0 bridgehead atoms. The van der Waals surface area contributed by atoms with E-state index < -0.39 is 0 Å². The standard InChI is InChI=1S/C17H23NO3/c1-12-9-16(12)20-8-7-14-10-15(14)18-17(19)21-11-13-5-3-2-4-6-13/h2-6,12,14-16H,7-11H2,1H3,(H,18,19)/t12?,14-,15-,16?/m0/s1. The van der Waals surface area contributed by atoms with Gasteiger partial charge in [-0.05, 0) is 36.7 Å². The van der Waals surface area contributed by atoms with Gasteiger partial charge in [-0.2, -0.15) is 0 Å². The molecular weight excluding hydrogens is 266 g/mol. The number of nitrogens with one attached hydrogen (secondary N) is 1. The molecule has 1 aromatic rings. The quantitative estimate of drug-likeness (QED) is 0.839. The molecule has 2 aliphatic rings. The maximum Gasteiger partial charge on any atom is 0.407 e. The molecule has 0 heterocycles. The lowest BCUT2D eigenvalue weighted by molar-refractivity contribution is 0.104. The lowest BCUT2D eigenvalue weighted by Crippen LogP contribution is -2.27. The highest BCUT2D eigenvalue weighted by atomic mass is 16.5. The number of ether oxygens (including phenoxy) is 2. The van der Waals surface area contributed by atoms with Crippen LogP contribution in [0.3, 0.4) is 0 Å². The zero-order chi connectivity index (χ0) is 14.7. The summed E-state index contributed by atoms with van der Waals surface area (Å²) in [5.41, 5.74) is 1.01. The van der Waals surface area contributed by atoms with Crippen LogP contribution in [0, 0.1) is 11.8 Å². The molecule has 2 fully saturated rings. The lowest BCUT2D eigenvalue weighted by atomic mass is 10.2. The van der Waals surface area contributed by atoms with Crippen molar-refractivity contribution in [1.29, 1.82) is 0 Å². The Labute approximate surface area is 125 Å². The second-order valence-electron chi connectivity index (χ2n) is 6.22. The Morgan fingerprint density at radius 1 is 1.29 bits per heavy atom. The van der Waals surface area contributed by atoms with Gasteiger partial charge in [0.25, 0.3) is 0 Å². The Balaban J connectivity index is 1.26. The number of amides is 1. The first-order chi connectivity index (χ1) is 10.2. The number of rotatable bonds is 7. The summed E-state index contributed by atoms with van der Waals surface area (Å²) in [5, 5.41) is 2.92. The van der Waals surface area contributed by atoms with Crippen LogP contribution < -0.4 is 5.32 Å². The van der Waals surface area contributed by atoms with Crippen molar-refractivity contribution in [2.75, 3.05) is 6.61 Å². The van der Waals surface area contributed by atoms with E-state index in [9.17, 15) is 4.79 Å². The van der Waals surface area contributed by atoms with Crippen LogP contribution in [0.15, 0.2) is 30.3 Å². The van der Waals surface area contributed by atoms with Crippen LogP contribution in [0.25, 0.3) is 0 Å². The molecule has 4 nitrogen and oxygen atoms in total. The molecule has 2 saturated carbocycles. The van der Waals surface area contributed by atoms with E-state index in [1.807, 2.05) is 30.3 Å². The van der Waals surface area contributed by atoms with Crippen LogP contribution in [-0.4, -0.2) is 24.8 Å². The van der Waals surface area contributed by atoms with Gasteiger partial charge in [-0.25, -0.2) is 4.79 Å². The Hall–Kier alpha value is -1.55. The predicted octanol–water partition coefficient (Wildman–Crippen LogP) is 3.12. The predicted molar refractivity (Wildman–Crippen MR) is 79.8 cm³/mol. The molecule has 4 heteroatoms. The van der Waals surface area contributed by atoms with Crippen molar-refractivity contribution in [3.8, 4) is 0 Å². The van der Waals surface area contributed by atoms with E-state index in [2.05, 4.69) is 12.2 Å². The van der Waals surface area contributed by atoms with Gasteiger partial charge in [0.2, 0.25) is 0 Å². The van der Waals surface area contributed by atoms with Crippen LogP contribution in [0.1, 0.15) is 31.7 Å². The summed E-state index contributed by atoms with van der Waals surface area (Å²) in [7, 11) is 0. The maximum atomic E-state index is 11.7. The molecule has 21 heavy (non-hydrogen) atoms. The first-order valence-electron chi connectivity index (χ1n) is 7.81. The highest BCUT2D eigenvalue weighted by Crippen LogP contribution is 2.36. The minimum atomic E-state index is -0.317. The Morgan fingerprint density at radius 3 is 2.76 bits per heavy atom. The summed E-state index contributed by atoms with van der Waals surface area (Å²) in [6.45, 7) is 3.36. The Kier molecular flexibility index (Phi) is 4.44. The highest BCUT2D eigenvalue weighted by Gasteiger charge is 2.39. The van der Waals surface area contributed by atoms with Crippen LogP contribution in [0.4, 0.5) is 4.79 Å². The van der Waals surface area contributed by atoms with Gasteiger partial charge in [-0.3, -0.25) is 0 Å². The van der Waals surface area contributed by atoms with Crippen LogP contribution in [-0.2, 0) is 16.1 Å². The summed E-state index contributed by atoms with van der Waals surface area (Å²) < 4.78 is 10.9. The molecular formula is C17H23NO3. The molecule has 2 aliphatic carbocycles. The minimum absolute atomic E-state index is 0.272. The summed E-state index contributed by atoms with van der Waals surface area (Å²) in [5.74, 6) is 1.30. The Bertz CT molecular complexity index is 476. The third kappa shape index (κ3) is 4.46. The highest BCUT2D eigenvalue weighted by molar-refractivity contribution is 5.68. The van der Waals surface area contributed by atoms with Gasteiger partial charge in [0, 0.05) is 12.6 Å². The van der Waals surface area contributed by atoms with Crippen LogP contribution >= 0.6 is 0 Å². The third-order valence-corrected chi connectivity index (χ3v) is 4.29. The molecule has 0 spiro atoms. The third-order valence-electron chi connectivity index (χ3n) is 4.29. The van der Waals surface area contributed by atoms with E-state index in [4.69, 9.17) is 9.47 Å². The van der Waals surface area contributed by atoms with Crippen molar-refractivity contribution < 1.29 is 14.3 Å². The van der Waals surface area contributed by atoms with Crippen molar-refractivity contribution >= 4 is 6.09 Å². The molecule has 0 aromatic heterocycles. The van der Waals surface area contributed by atoms with Gasteiger partial charge in [0.05, 0.1) is 6.10 Å². The molecule has 4 atom stereocenters. The number of hydrogen-bond donors (Lipinski definition) is 1. The summed E-state index contributed by atoms with van der Waals surface area (Å²) >= 11 is 0. The maximum absolute atomic E-state index is 11.7. The second-order valence-corrected chi connectivity index (χ2v) is 6.22. The smallest absolute Gasteiger partial charge is 0.407 e. The molecule has 3 rings (SSSR count). The monoisotopic (exact) mass is 289 g/mol. The zero-order valence-electron chi connectivity index (χ0n) is 12.5. The fourth-order valence-corrected chi connectivity index (χ4v) is 2.55.